The zero-order valence-corrected chi connectivity index (χ0v) is 13.6. The zero-order chi connectivity index (χ0) is 16.8. The lowest BCUT2D eigenvalue weighted by atomic mass is 9.92. The lowest BCUT2D eigenvalue weighted by Crippen LogP contribution is -2.02. The molecule has 0 saturated carbocycles. The minimum atomic E-state index is 0.183. The fraction of sp³-hybridized carbons (Fsp3) is 0.0870. The predicted octanol–water partition coefficient (Wildman–Crippen LogP) is 5.81. The molecular formula is C23H20O. The normalized spacial score (nSPS) is 10.3. The van der Waals surface area contributed by atoms with Crippen molar-refractivity contribution in [1.82, 2.24) is 0 Å². The van der Waals surface area contributed by atoms with Crippen LogP contribution in [0.25, 0.3) is 17.2 Å². The van der Waals surface area contributed by atoms with Crippen molar-refractivity contribution in [2.75, 3.05) is 0 Å². The van der Waals surface area contributed by atoms with Gasteiger partial charge in [-0.25, -0.2) is 0 Å². The molecule has 0 aromatic heterocycles. The maximum absolute atomic E-state index is 12.4. The fourth-order valence-electron chi connectivity index (χ4n) is 2.94. The Morgan fingerprint density at radius 3 is 2.17 bits per heavy atom. The minimum Gasteiger partial charge on any atom is -0.294 e. The van der Waals surface area contributed by atoms with E-state index < -0.39 is 0 Å². The molecule has 1 heteroatoms. The summed E-state index contributed by atoms with van der Waals surface area (Å²) in [6, 6.07) is 26.0. The first-order valence-corrected chi connectivity index (χ1v) is 8.17. The number of ketones is 1. The van der Waals surface area contributed by atoms with Crippen molar-refractivity contribution in [3.63, 3.8) is 0 Å². The lowest BCUT2D eigenvalue weighted by Gasteiger charge is -2.12. The van der Waals surface area contributed by atoms with Crippen LogP contribution in [-0.2, 0) is 6.42 Å². The van der Waals surface area contributed by atoms with Crippen molar-refractivity contribution in [3.05, 3.63) is 102 Å². The molecule has 24 heavy (non-hydrogen) atoms. The molecule has 0 aliphatic rings. The highest BCUT2D eigenvalue weighted by molar-refractivity contribution is 5.96. The number of carbonyl (C=O) groups excluding carboxylic acids is 1. The van der Waals surface area contributed by atoms with E-state index in [2.05, 4.69) is 30.8 Å². The Kier molecular flexibility index (Phi) is 5.02. The van der Waals surface area contributed by atoms with Crippen molar-refractivity contribution in [2.24, 2.45) is 0 Å². The van der Waals surface area contributed by atoms with Gasteiger partial charge in [0.2, 0.25) is 0 Å². The first kappa shape index (κ1) is 15.9. The monoisotopic (exact) mass is 312 g/mol. The Morgan fingerprint density at radius 1 is 0.792 bits per heavy atom. The summed E-state index contributed by atoms with van der Waals surface area (Å²) in [5, 5.41) is 0. The Hall–Kier alpha value is -2.93. The summed E-state index contributed by atoms with van der Waals surface area (Å²) in [6.45, 7) is 3.91. The lowest BCUT2D eigenvalue weighted by molar-refractivity contribution is 0.0983. The van der Waals surface area contributed by atoms with Gasteiger partial charge in [0.15, 0.2) is 5.78 Å². The summed E-state index contributed by atoms with van der Waals surface area (Å²) >= 11 is 0. The number of aryl methyl sites for hydroxylation is 1. The van der Waals surface area contributed by atoms with Crippen LogP contribution >= 0.6 is 0 Å². The van der Waals surface area contributed by atoms with E-state index in [4.69, 9.17) is 0 Å². The highest BCUT2D eigenvalue weighted by Crippen LogP contribution is 2.28. The van der Waals surface area contributed by atoms with E-state index in [-0.39, 0.29) is 5.78 Å². The SMILES string of the molecule is C=Cc1ccccc1-c1ccccc1CCC(=O)c1ccccc1. The van der Waals surface area contributed by atoms with Crippen LogP contribution in [-0.4, -0.2) is 5.78 Å². The van der Waals surface area contributed by atoms with Gasteiger partial charge >= 0.3 is 0 Å². The van der Waals surface area contributed by atoms with E-state index in [1.807, 2.05) is 60.7 Å². The summed E-state index contributed by atoms with van der Waals surface area (Å²) in [5.74, 6) is 0.183. The van der Waals surface area contributed by atoms with Crippen LogP contribution < -0.4 is 0 Å². The smallest absolute Gasteiger partial charge is 0.163 e. The molecule has 118 valence electrons. The topological polar surface area (TPSA) is 17.1 Å². The van der Waals surface area contributed by atoms with E-state index in [0.717, 1.165) is 23.1 Å². The third-order valence-corrected chi connectivity index (χ3v) is 4.21. The van der Waals surface area contributed by atoms with Crippen molar-refractivity contribution in [2.45, 2.75) is 12.8 Å². The number of carbonyl (C=O) groups is 1. The zero-order valence-electron chi connectivity index (χ0n) is 13.6. The molecule has 3 aromatic carbocycles. The Labute approximate surface area is 143 Å². The third-order valence-electron chi connectivity index (χ3n) is 4.21. The highest BCUT2D eigenvalue weighted by Gasteiger charge is 2.10. The molecular weight excluding hydrogens is 292 g/mol. The fourth-order valence-corrected chi connectivity index (χ4v) is 2.94. The maximum atomic E-state index is 12.4. The summed E-state index contributed by atoms with van der Waals surface area (Å²) < 4.78 is 0. The van der Waals surface area contributed by atoms with Crippen molar-refractivity contribution in [1.29, 1.82) is 0 Å². The summed E-state index contributed by atoms with van der Waals surface area (Å²) in [7, 11) is 0. The van der Waals surface area contributed by atoms with Gasteiger partial charge in [0.05, 0.1) is 0 Å². The Bertz CT molecular complexity index is 847. The second kappa shape index (κ2) is 7.56. The average molecular weight is 312 g/mol. The number of rotatable bonds is 6. The molecule has 0 fully saturated rings. The van der Waals surface area contributed by atoms with Gasteiger partial charge in [-0.2, -0.15) is 0 Å². The molecule has 0 saturated heterocycles. The number of benzene rings is 3. The molecule has 0 amide bonds. The summed E-state index contributed by atoms with van der Waals surface area (Å²) in [4.78, 5) is 12.4. The highest BCUT2D eigenvalue weighted by atomic mass is 16.1. The first-order valence-electron chi connectivity index (χ1n) is 8.17. The van der Waals surface area contributed by atoms with Crippen molar-refractivity contribution >= 4 is 11.9 Å². The molecule has 0 spiro atoms. The van der Waals surface area contributed by atoms with Gasteiger partial charge in [-0.3, -0.25) is 4.79 Å². The molecule has 3 aromatic rings. The van der Waals surface area contributed by atoms with Gasteiger partial charge in [-0.05, 0) is 28.7 Å². The van der Waals surface area contributed by atoms with E-state index in [9.17, 15) is 4.79 Å². The molecule has 0 N–H and O–H groups in total. The van der Waals surface area contributed by atoms with Crippen LogP contribution in [0.4, 0.5) is 0 Å². The van der Waals surface area contributed by atoms with E-state index in [0.29, 0.717) is 6.42 Å². The number of hydrogen-bond acceptors (Lipinski definition) is 1. The quantitative estimate of drug-likeness (QED) is 0.525. The first-order chi connectivity index (χ1) is 11.8. The number of Topliss-reactive ketones (excluding diaryl/α,β-unsaturated/α-hetero) is 1. The van der Waals surface area contributed by atoms with Gasteiger partial charge in [0, 0.05) is 12.0 Å². The molecule has 0 unspecified atom stereocenters. The molecule has 0 bridgehead atoms. The standard InChI is InChI=1S/C23H20O/c1-2-18-10-6-8-14-21(18)22-15-9-7-11-19(22)16-17-23(24)20-12-4-3-5-13-20/h2-15H,1,16-17H2. The van der Waals surface area contributed by atoms with Crippen LogP contribution in [0, 0.1) is 0 Å². The van der Waals surface area contributed by atoms with Crippen LogP contribution in [0.3, 0.4) is 0 Å². The molecule has 0 radical (unpaired) electrons. The average Bonchev–Trinajstić information content (AvgIpc) is 2.67. The van der Waals surface area contributed by atoms with Crippen LogP contribution in [0.1, 0.15) is 27.9 Å². The second-order valence-electron chi connectivity index (χ2n) is 5.74. The van der Waals surface area contributed by atoms with Crippen molar-refractivity contribution < 1.29 is 4.79 Å². The Balaban J connectivity index is 1.85. The molecule has 1 nitrogen and oxygen atoms in total. The van der Waals surface area contributed by atoms with Gasteiger partial charge in [0.25, 0.3) is 0 Å². The van der Waals surface area contributed by atoms with Gasteiger partial charge in [0.1, 0.15) is 0 Å². The predicted molar refractivity (Wildman–Crippen MR) is 101 cm³/mol. The second-order valence-corrected chi connectivity index (χ2v) is 5.74. The largest absolute Gasteiger partial charge is 0.294 e. The summed E-state index contributed by atoms with van der Waals surface area (Å²) in [5.41, 5.74) is 5.42. The van der Waals surface area contributed by atoms with Gasteiger partial charge < -0.3 is 0 Å². The van der Waals surface area contributed by atoms with E-state index in [1.54, 1.807) is 0 Å². The van der Waals surface area contributed by atoms with Crippen molar-refractivity contribution in [3.8, 4) is 11.1 Å². The van der Waals surface area contributed by atoms with Gasteiger partial charge in [-0.15, -0.1) is 0 Å². The maximum Gasteiger partial charge on any atom is 0.163 e. The molecule has 0 atom stereocenters. The molecule has 0 heterocycles. The minimum absolute atomic E-state index is 0.183. The van der Waals surface area contributed by atoms with Gasteiger partial charge in [-0.1, -0.05) is 91.5 Å². The van der Waals surface area contributed by atoms with E-state index in [1.165, 1.54) is 11.1 Å². The summed E-state index contributed by atoms with van der Waals surface area (Å²) in [6.07, 6.45) is 3.12. The van der Waals surface area contributed by atoms with Crippen LogP contribution in [0.15, 0.2) is 85.4 Å². The number of hydrogen-bond donors (Lipinski definition) is 0. The van der Waals surface area contributed by atoms with Crippen LogP contribution in [0.2, 0.25) is 0 Å². The van der Waals surface area contributed by atoms with E-state index >= 15 is 0 Å². The third kappa shape index (κ3) is 3.52. The molecule has 0 aliphatic heterocycles. The van der Waals surface area contributed by atoms with Crippen LogP contribution in [0.5, 0.6) is 0 Å². The molecule has 0 aliphatic carbocycles. The Morgan fingerprint density at radius 2 is 1.42 bits per heavy atom. The molecule has 3 rings (SSSR count).